The number of hydrogen-bond donors (Lipinski definition) is 3. The van der Waals surface area contributed by atoms with E-state index < -0.39 is 0 Å². The van der Waals surface area contributed by atoms with Crippen LogP contribution in [0.2, 0.25) is 0 Å². The summed E-state index contributed by atoms with van der Waals surface area (Å²) >= 11 is 0. The predicted molar refractivity (Wildman–Crippen MR) is 85.0 cm³/mol. The van der Waals surface area contributed by atoms with Crippen LogP contribution in [0.15, 0.2) is 24.3 Å². The summed E-state index contributed by atoms with van der Waals surface area (Å²) in [5.41, 5.74) is 1.61. The summed E-state index contributed by atoms with van der Waals surface area (Å²) in [5, 5.41) is 8.94. The van der Waals surface area contributed by atoms with Crippen molar-refractivity contribution in [2.24, 2.45) is 0 Å². The van der Waals surface area contributed by atoms with Gasteiger partial charge in [-0.05, 0) is 32.4 Å². The van der Waals surface area contributed by atoms with Crippen molar-refractivity contribution in [3.8, 4) is 0 Å². The third-order valence-electron chi connectivity index (χ3n) is 2.69. The zero-order valence-corrected chi connectivity index (χ0v) is 13.2. The largest absolute Gasteiger partial charge is 0.351 e. The molecule has 0 saturated heterocycles. The van der Waals surface area contributed by atoms with E-state index in [1.807, 2.05) is 45.0 Å². The van der Waals surface area contributed by atoms with Crippen LogP contribution in [0.25, 0.3) is 0 Å². The minimum atomic E-state index is -0.199. The van der Waals surface area contributed by atoms with E-state index in [9.17, 15) is 9.59 Å². The summed E-state index contributed by atoms with van der Waals surface area (Å²) in [7, 11) is 0. The molecule has 0 bridgehead atoms. The van der Waals surface area contributed by atoms with E-state index in [4.69, 9.17) is 0 Å². The first-order valence-corrected chi connectivity index (χ1v) is 7.15. The fourth-order valence-electron chi connectivity index (χ4n) is 1.89. The molecule has 0 aliphatic heterocycles. The lowest BCUT2D eigenvalue weighted by molar-refractivity contribution is -0.122. The molecule has 3 N–H and O–H groups in total. The van der Waals surface area contributed by atoms with E-state index in [0.717, 1.165) is 11.3 Å². The average Bonchev–Trinajstić information content (AvgIpc) is 2.33. The molecule has 0 saturated carbocycles. The molecule has 0 fully saturated rings. The van der Waals surface area contributed by atoms with Crippen LogP contribution in [-0.4, -0.2) is 23.9 Å². The van der Waals surface area contributed by atoms with E-state index in [-0.39, 0.29) is 17.4 Å². The molecule has 0 heterocycles. The van der Waals surface area contributed by atoms with Crippen LogP contribution in [0.3, 0.4) is 0 Å². The number of anilines is 1. The van der Waals surface area contributed by atoms with Crippen LogP contribution in [0.1, 0.15) is 39.7 Å². The van der Waals surface area contributed by atoms with Crippen LogP contribution in [0.5, 0.6) is 0 Å². The first kappa shape index (κ1) is 17.2. The van der Waals surface area contributed by atoms with Crippen LogP contribution in [0, 0.1) is 0 Å². The van der Waals surface area contributed by atoms with Crippen molar-refractivity contribution in [1.82, 2.24) is 10.6 Å². The Morgan fingerprint density at radius 3 is 2.43 bits per heavy atom. The number of carbonyl (C=O) groups excluding carboxylic acids is 2. The highest BCUT2D eigenvalue weighted by molar-refractivity contribution is 5.89. The van der Waals surface area contributed by atoms with Gasteiger partial charge in [0.1, 0.15) is 0 Å². The molecule has 5 nitrogen and oxygen atoms in total. The van der Waals surface area contributed by atoms with Gasteiger partial charge in [0.2, 0.25) is 11.8 Å². The number of para-hydroxylation sites is 1. The van der Waals surface area contributed by atoms with Gasteiger partial charge in [0.05, 0.1) is 0 Å². The second-order valence-electron chi connectivity index (χ2n) is 6.06. The van der Waals surface area contributed by atoms with Crippen molar-refractivity contribution < 1.29 is 9.59 Å². The number of hydrogen-bond acceptors (Lipinski definition) is 3. The van der Waals surface area contributed by atoms with Gasteiger partial charge in [0, 0.05) is 37.7 Å². The van der Waals surface area contributed by atoms with Gasteiger partial charge in [0.15, 0.2) is 0 Å². The lowest BCUT2D eigenvalue weighted by atomic mass is 10.1. The summed E-state index contributed by atoms with van der Waals surface area (Å²) in [6.45, 7) is 8.57. The topological polar surface area (TPSA) is 70.2 Å². The van der Waals surface area contributed by atoms with Gasteiger partial charge in [-0.1, -0.05) is 18.2 Å². The molecule has 0 aliphatic carbocycles. The minimum absolute atomic E-state index is 0.0325. The number of nitrogens with one attached hydrogen (secondary N) is 3. The fraction of sp³-hybridized carbons (Fsp3) is 0.500. The maximum Gasteiger partial charge on any atom is 0.221 e. The molecule has 0 atom stereocenters. The molecule has 0 radical (unpaired) electrons. The molecule has 0 unspecified atom stereocenters. The Balaban J connectivity index is 2.39. The standard InChI is InChI=1S/C16H25N3O2/c1-12(20)18-14-8-6-5-7-13(14)11-17-10-9-15(21)19-16(2,3)4/h5-8,17H,9-11H2,1-4H3,(H,18,20)(H,19,21). The van der Waals surface area contributed by atoms with E-state index in [1.54, 1.807) is 0 Å². The van der Waals surface area contributed by atoms with Gasteiger partial charge < -0.3 is 16.0 Å². The smallest absolute Gasteiger partial charge is 0.221 e. The molecule has 0 aliphatic rings. The molecule has 1 rings (SSSR count). The van der Waals surface area contributed by atoms with Crippen LogP contribution in [0.4, 0.5) is 5.69 Å². The lowest BCUT2D eigenvalue weighted by Gasteiger charge is -2.20. The monoisotopic (exact) mass is 291 g/mol. The molecular formula is C16H25N3O2. The fourth-order valence-corrected chi connectivity index (χ4v) is 1.89. The average molecular weight is 291 g/mol. The molecule has 0 spiro atoms. The second kappa shape index (κ2) is 7.78. The number of rotatable bonds is 6. The number of benzene rings is 1. The van der Waals surface area contributed by atoms with Crippen LogP contribution >= 0.6 is 0 Å². The van der Waals surface area contributed by atoms with Gasteiger partial charge in [-0.25, -0.2) is 0 Å². The number of carbonyl (C=O) groups is 2. The Morgan fingerprint density at radius 1 is 1.14 bits per heavy atom. The van der Waals surface area contributed by atoms with Crippen molar-refractivity contribution in [3.63, 3.8) is 0 Å². The van der Waals surface area contributed by atoms with E-state index in [0.29, 0.717) is 19.5 Å². The molecule has 1 aromatic rings. The van der Waals surface area contributed by atoms with Gasteiger partial charge in [0.25, 0.3) is 0 Å². The van der Waals surface area contributed by atoms with Gasteiger partial charge >= 0.3 is 0 Å². The van der Waals surface area contributed by atoms with E-state index in [2.05, 4.69) is 16.0 Å². The second-order valence-corrected chi connectivity index (χ2v) is 6.06. The molecular weight excluding hydrogens is 266 g/mol. The van der Waals surface area contributed by atoms with Crippen LogP contribution in [-0.2, 0) is 16.1 Å². The van der Waals surface area contributed by atoms with E-state index in [1.165, 1.54) is 6.92 Å². The Bertz CT molecular complexity index is 493. The molecule has 116 valence electrons. The van der Waals surface area contributed by atoms with Gasteiger partial charge in [-0.2, -0.15) is 0 Å². The summed E-state index contributed by atoms with van der Waals surface area (Å²) in [6.07, 6.45) is 0.430. The SMILES string of the molecule is CC(=O)Nc1ccccc1CNCCC(=O)NC(C)(C)C. The van der Waals surface area contributed by atoms with Crippen LogP contribution < -0.4 is 16.0 Å². The normalized spacial score (nSPS) is 11.0. The first-order chi connectivity index (χ1) is 9.78. The highest BCUT2D eigenvalue weighted by atomic mass is 16.2. The van der Waals surface area contributed by atoms with Crippen molar-refractivity contribution in [2.45, 2.75) is 46.2 Å². The quantitative estimate of drug-likeness (QED) is 0.702. The zero-order chi connectivity index (χ0) is 15.9. The Hall–Kier alpha value is -1.88. The van der Waals surface area contributed by atoms with Crippen molar-refractivity contribution in [3.05, 3.63) is 29.8 Å². The zero-order valence-electron chi connectivity index (χ0n) is 13.2. The Morgan fingerprint density at radius 2 is 1.81 bits per heavy atom. The minimum Gasteiger partial charge on any atom is -0.351 e. The Kier molecular flexibility index (Phi) is 6.37. The predicted octanol–water partition coefficient (Wildman–Crippen LogP) is 2.04. The van der Waals surface area contributed by atoms with Gasteiger partial charge in [-0.15, -0.1) is 0 Å². The van der Waals surface area contributed by atoms with Crippen molar-refractivity contribution >= 4 is 17.5 Å². The highest BCUT2D eigenvalue weighted by Crippen LogP contribution is 2.14. The molecule has 0 aromatic heterocycles. The summed E-state index contributed by atoms with van der Waals surface area (Å²) in [5.74, 6) is -0.0582. The summed E-state index contributed by atoms with van der Waals surface area (Å²) in [4.78, 5) is 22.8. The third kappa shape index (κ3) is 7.46. The molecule has 21 heavy (non-hydrogen) atoms. The third-order valence-corrected chi connectivity index (χ3v) is 2.69. The maximum atomic E-state index is 11.7. The Labute approximate surface area is 126 Å². The van der Waals surface area contributed by atoms with Crippen molar-refractivity contribution in [2.75, 3.05) is 11.9 Å². The van der Waals surface area contributed by atoms with Crippen molar-refractivity contribution in [1.29, 1.82) is 0 Å². The molecule has 5 heteroatoms. The molecule has 2 amide bonds. The highest BCUT2D eigenvalue weighted by Gasteiger charge is 2.12. The summed E-state index contributed by atoms with van der Waals surface area (Å²) in [6, 6.07) is 7.62. The van der Waals surface area contributed by atoms with Gasteiger partial charge in [-0.3, -0.25) is 9.59 Å². The molecule has 1 aromatic carbocycles. The summed E-state index contributed by atoms with van der Waals surface area (Å²) < 4.78 is 0. The van der Waals surface area contributed by atoms with E-state index >= 15 is 0 Å². The lowest BCUT2D eigenvalue weighted by Crippen LogP contribution is -2.41. The maximum absolute atomic E-state index is 11.7. The number of amides is 2. The first-order valence-electron chi connectivity index (χ1n) is 7.15.